The zero-order chi connectivity index (χ0) is 13.0. The van der Waals surface area contributed by atoms with Gasteiger partial charge < -0.3 is 21.3 Å². The Hall–Kier alpha value is -0.650. The minimum Gasteiger partial charge on any atom is -0.393 e. The van der Waals surface area contributed by atoms with Crippen molar-refractivity contribution in [3.8, 4) is 0 Å². The second-order valence-electron chi connectivity index (χ2n) is 5.61. The Labute approximate surface area is 97.0 Å². The summed E-state index contributed by atoms with van der Waals surface area (Å²) in [6.07, 6.45) is 0.213. The normalized spacial score (nSPS) is 17.7. The van der Waals surface area contributed by atoms with Gasteiger partial charge in [-0.25, -0.2) is 0 Å². The van der Waals surface area contributed by atoms with E-state index in [1.807, 2.05) is 20.8 Å². The quantitative estimate of drug-likeness (QED) is 0.519. The molecule has 0 radical (unpaired) electrons. The van der Waals surface area contributed by atoms with E-state index in [2.05, 4.69) is 5.32 Å². The fourth-order valence-corrected chi connectivity index (χ4v) is 0.923. The summed E-state index contributed by atoms with van der Waals surface area (Å²) < 4.78 is 0. The van der Waals surface area contributed by atoms with Crippen LogP contribution in [0.3, 0.4) is 0 Å². The zero-order valence-corrected chi connectivity index (χ0v) is 10.6. The number of carbonyl (C=O) groups excluding carboxylic acids is 1. The highest BCUT2D eigenvalue weighted by atomic mass is 16.3. The van der Waals surface area contributed by atoms with Crippen molar-refractivity contribution in [3.05, 3.63) is 0 Å². The number of aliphatic hydroxyl groups is 2. The molecule has 0 saturated carbocycles. The highest BCUT2D eigenvalue weighted by Crippen LogP contribution is 2.19. The average Bonchev–Trinajstić information content (AvgIpc) is 2.13. The van der Waals surface area contributed by atoms with Crippen LogP contribution in [0.15, 0.2) is 0 Å². The maximum atomic E-state index is 11.5. The first kappa shape index (κ1) is 15.3. The molecule has 2 unspecified atom stereocenters. The van der Waals surface area contributed by atoms with Crippen molar-refractivity contribution in [1.29, 1.82) is 0 Å². The Morgan fingerprint density at radius 1 is 1.38 bits per heavy atom. The van der Waals surface area contributed by atoms with E-state index >= 15 is 0 Å². The highest BCUT2D eigenvalue weighted by molar-refractivity contribution is 5.76. The van der Waals surface area contributed by atoms with Crippen molar-refractivity contribution >= 4 is 5.91 Å². The first-order chi connectivity index (χ1) is 7.08. The Bertz CT molecular complexity index is 234. The first-order valence-corrected chi connectivity index (χ1v) is 5.44. The topological polar surface area (TPSA) is 95.6 Å². The van der Waals surface area contributed by atoms with Gasteiger partial charge in [-0.2, -0.15) is 0 Å². The molecule has 0 saturated heterocycles. The molecule has 0 rings (SSSR count). The maximum Gasteiger partial charge on any atom is 0.221 e. The molecule has 0 bridgehead atoms. The first-order valence-electron chi connectivity index (χ1n) is 5.44. The van der Waals surface area contributed by atoms with Crippen LogP contribution >= 0.6 is 0 Å². The van der Waals surface area contributed by atoms with Crippen molar-refractivity contribution in [3.63, 3.8) is 0 Å². The van der Waals surface area contributed by atoms with Crippen LogP contribution in [0.25, 0.3) is 0 Å². The van der Waals surface area contributed by atoms with E-state index in [0.717, 1.165) is 0 Å². The Morgan fingerprint density at radius 3 is 2.25 bits per heavy atom. The second kappa shape index (κ2) is 5.61. The predicted octanol–water partition coefficient (Wildman–Crippen LogP) is -0.391. The standard InChI is InChI=1S/C11H24N2O3/c1-10(2,3)8(12)5-9(15)13-6-11(4,16)7-14/h8,14,16H,5-7,12H2,1-4H3,(H,13,15). The van der Waals surface area contributed by atoms with Crippen molar-refractivity contribution < 1.29 is 15.0 Å². The molecule has 0 aromatic heterocycles. The van der Waals surface area contributed by atoms with Gasteiger partial charge in [0.1, 0.15) is 5.60 Å². The van der Waals surface area contributed by atoms with Gasteiger partial charge in [0.25, 0.3) is 0 Å². The van der Waals surface area contributed by atoms with Crippen LogP contribution < -0.4 is 11.1 Å². The fourth-order valence-electron chi connectivity index (χ4n) is 0.923. The minimum atomic E-state index is -1.28. The lowest BCUT2D eigenvalue weighted by atomic mass is 9.85. The summed E-state index contributed by atoms with van der Waals surface area (Å²) in [6, 6.07) is -0.230. The molecule has 0 aliphatic carbocycles. The number of hydrogen-bond acceptors (Lipinski definition) is 4. The van der Waals surface area contributed by atoms with E-state index < -0.39 is 12.2 Å². The van der Waals surface area contributed by atoms with E-state index in [1.165, 1.54) is 6.92 Å². The molecule has 0 fully saturated rings. The van der Waals surface area contributed by atoms with Crippen LogP contribution in [-0.2, 0) is 4.79 Å². The summed E-state index contributed by atoms with van der Waals surface area (Å²) in [4.78, 5) is 11.5. The largest absolute Gasteiger partial charge is 0.393 e. The number of nitrogens with one attached hydrogen (secondary N) is 1. The van der Waals surface area contributed by atoms with Gasteiger partial charge in [0.15, 0.2) is 0 Å². The van der Waals surface area contributed by atoms with Gasteiger partial charge in [0, 0.05) is 19.0 Å². The summed E-state index contributed by atoms with van der Waals surface area (Å²) in [7, 11) is 0. The van der Waals surface area contributed by atoms with Gasteiger partial charge in [-0.3, -0.25) is 4.79 Å². The molecular formula is C11H24N2O3. The third kappa shape index (κ3) is 6.05. The molecule has 0 aromatic carbocycles. The Balaban J connectivity index is 4.02. The number of nitrogens with two attached hydrogens (primary N) is 1. The van der Waals surface area contributed by atoms with Crippen LogP contribution in [0.2, 0.25) is 0 Å². The molecule has 5 N–H and O–H groups in total. The van der Waals surface area contributed by atoms with Gasteiger partial charge >= 0.3 is 0 Å². The number of rotatable bonds is 5. The third-order valence-electron chi connectivity index (χ3n) is 2.52. The summed E-state index contributed by atoms with van der Waals surface area (Å²) >= 11 is 0. The van der Waals surface area contributed by atoms with E-state index in [0.29, 0.717) is 0 Å². The highest BCUT2D eigenvalue weighted by Gasteiger charge is 2.25. The van der Waals surface area contributed by atoms with Gasteiger partial charge in [0.05, 0.1) is 6.61 Å². The van der Waals surface area contributed by atoms with E-state index in [1.54, 1.807) is 0 Å². The van der Waals surface area contributed by atoms with Crippen molar-refractivity contribution in [1.82, 2.24) is 5.32 Å². The molecule has 1 amide bonds. The smallest absolute Gasteiger partial charge is 0.221 e. The third-order valence-corrected chi connectivity index (χ3v) is 2.52. The number of amides is 1. The molecule has 0 spiro atoms. The van der Waals surface area contributed by atoms with E-state index in [4.69, 9.17) is 10.8 Å². The van der Waals surface area contributed by atoms with Crippen LogP contribution in [0.5, 0.6) is 0 Å². The van der Waals surface area contributed by atoms with Crippen LogP contribution in [0, 0.1) is 5.41 Å². The number of hydrogen-bond donors (Lipinski definition) is 4. The monoisotopic (exact) mass is 232 g/mol. The van der Waals surface area contributed by atoms with Crippen LogP contribution in [0.1, 0.15) is 34.1 Å². The van der Waals surface area contributed by atoms with Crippen molar-refractivity contribution in [2.45, 2.75) is 45.8 Å². The minimum absolute atomic E-state index is 0.0270. The molecule has 0 aliphatic rings. The molecule has 5 heteroatoms. The molecule has 96 valence electrons. The molecule has 5 nitrogen and oxygen atoms in total. The number of carbonyl (C=O) groups is 1. The Morgan fingerprint density at radius 2 is 1.88 bits per heavy atom. The molecule has 0 heterocycles. The van der Waals surface area contributed by atoms with E-state index in [-0.39, 0.29) is 30.3 Å². The van der Waals surface area contributed by atoms with Gasteiger partial charge in [-0.1, -0.05) is 20.8 Å². The molecule has 16 heavy (non-hydrogen) atoms. The van der Waals surface area contributed by atoms with Gasteiger partial charge in [-0.15, -0.1) is 0 Å². The zero-order valence-electron chi connectivity index (χ0n) is 10.6. The van der Waals surface area contributed by atoms with Gasteiger partial charge in [0.2, 0.25) is 5.91 Å². The second-order valence-corrected chi connectivity index (χ2v) is 5.61. The Kier molecular flexibility index (Phi) is 5.38. The fraction of sp³-hybridized carbons (Fsp3) is 0.909. The lowest BCUT2D eigenvalue weighted by Gasteiger charge is -2.27. The SMILES string of the molecule is CC(O)(CO)CNC(=O)CC(N)C(C)(C)C. The summed E-state index contributed by atoms with van der Waals surface area (Å²) in [5.74, 6) is -0.212. The molecule has 2 atom stereocenters. The van der Waals surface area contributed by atoms with Gasteiger partial charge in [-0.05, 0) is 12.3 Å². The predicted molar refractivity (Wildman–Crippen MR) is 62.8 cm³/mol. The summed E-state index contributed by atoms with van der Waals surface area (Å²) in [5, 5.41) is 20.8. The summed E-state index contributed by atoms with van der Waals surface area (Å²) in [6.45, 7) is 6.99. The van der Waals surface area contributed by atoms with Crippen LogP contribution in [-0.4, -0.2) is 40.9 Å². The number of aliphatic hydroxyl groups excluding tert-OH is 1. The average molecular weight is 232 g/mol. The molecular weight excluding hydrogens is 208 g/mol. The van der Waals surface area contributed by atoms with Crippen molar-refractivity contribution in [2.24, 2.45) is 11.1 Å². The summed E-state index contributed by atoms with van der Waals surface area (Å²) in [5.41, 5.74) is 4.45. The molecule has 0 aliphatic heterocycles. The lowest BCUT2D eigenvalue weighted by molar-refractivity contribution is -0.123. The maximum absolute atomic E-state index is 11.5. The van der Waals surface area contributed by atoms with Crippen molar-refractivity contribution in [2.75, 3.05) is 13.2 Å². The lowest BCUT2D eigenvalue weighted by Crippen LogP contribution is -2.46. The van der Waals surface area contributed by atoms with E-state index in [9.17, 15) is 9.90 Å². The van der Waals surface area contributed by atoms with Crippen LogP contribution in [0.4, 0.5) is 0 Å². The molecule has 0 aromatic rings.